The van der Waals surface area contributed by atoms with E-state index in [0.29, 0.717) is 30.4 Å². The highest BCUT2D eigenvalue weighted by atomic mass is 16.5. The third kappa shape index (κ3) is 2.73. The maximum absolute atomic E-state index is 11.6. The fraction of sp³-hybridized carbons (Fsp3) is 0.455. The summed E-state index contributed by atoms with van der Waals surface area (Å²) in [5.41, 5.74) is 0. The molecule has 1 unspecified atom stereocenters. The van der Waals surface area contributed by atoms with Gasteiger partial charge in [-0.25, -0.2) is 4.98 Å². The first-order chi connectivity index (χ1) is 8.58. The van der Waals surface area contributed by atoms with Crippen molar-refractivity contribution >= 4 is 17.6 Å². The number of anilines is 1. The van der Waals surface area contributed by atoms with Crippen molar-refractivity contribution in [2.24, 2.45) is 0 Å². The highest BCUT2D eigenvalue weighted by molar-refractivity contribution is 6.01. The zero-order valence-electron chi connectivity index (χ0n) is 10.2. The Labute approximate surface area is 104 Å². The monoisotopic (exact) mass is 250 g/mol. The van der Waals surface area contributed by atoms with Crippen LogP contribution in [0.3, 0.4) is 0 Å². The minimum atomic E-state index is -0.457. The number of imide groups is 1. The molecule has 2 amide bonds. The van der Waals surface area contributed by atoms with Gasteiger partial charge < -0.3 is 10.1 Å². The van der Waals surface area contributed by atoms with E-state index >= 15 is 0 Å². The molecule has 0 saturated carbocycles. The third-order valence-electron chi connectivity index (χ3n) is 2.58. The van der Waals surface area contributed by atoms with E-state index in [9.17, 15) is 9.59 Å². The van der Waals surface area contributed by atoms with Gasteiger partial charge in [0, 0.05) is 12.5 Å². The van der Waals surface area contributed by atoms with Gasteiger partial charge in [-0.15, -0.1) is 0 Å². The molecule has 2 rings (SSSR count). The number of nitrogens with zero attached hydrogens (tertiary/aromatic N) is 2. The molecule has 0 aromatic carbocycles. The van der Waals surface area contributed by atoms with Crippen molar-refractivity contribution in [2.75, 3.05) is 12.4 Å². The van der Waals surface area contributed by atoms with E-state index in [-0.39, 0.29) is 11.8 Å². The maximum atomic E-state index is 11.6. The number of carbonyl (C=O) groups excluding carboxylic acids is 2. The van der Waals surface area contributed by atoms with Crippen LogP contribution >= 0.6 is 0 Å². The molecule has 1 fully saturated rings. The van der Waals surface area contributed by atoms with Crippen LogP contribution in [0, 0.1) is 6.92 Å². The van der Waals surface area contributed by atoms with E-state index in [0.717, 1.165) is 0 Å². The SMILES string of the molecule is COc1cc(NC2CCC(=O)NC2=O)nc(C)n1. The first-order valence-electron chi connectivity index (χ1n) is 5.58. The lowest BCUT2D eigenvalue weighted by Gasteiger charge is -2.22. The normalized spacial score (nSPS) is 19.3. The molecule has 1 aromatic rings. The molecule has 2 heterocycles. The highest BCUT2D eigenvalue weighted by Gasteiger charge is 2.26. The van der Waals surface area contributed by atoms with Gasteiger partial charge in [-0.05, 0) is 13.3 Å². The summed E-state index contributed by atoms with van der Waals surface area (Å²) in [4.78, 5) is 30.8. The number of hydrogen-bond acceptors (Lipinski definition) is 6. The Morgan fingerprint density at radius 3 is 2.89 bits per heavy atom. The molecular weight excluding hydrogens is 236 g/mol. The van der Waals surface area contributed by atoms with E-state index in [1.165, 1.54) is 7.11 Å². The zero-order valence-corrected chi connectivity index (χ0v) is 10.2. The second-order valence-electron chi connectivity index (χ2n) is 3.99. The van der Waals surface area contributed by atoms with Crippen molar-refractivity contribution in [3.8, 4) is 5.88 Å². The fourth-order valence-electron chi connectivity index (χ4n) is 1.73. The summed E-state index contributed by atoms with van der Waals surface area (Å²) >= 11 is 0. The van der Waals surface area contributed by atoms with E-state index in [2.05, 4.69) is 20.6 Å². The molecule has 1 aliphatic rings. The first-order valence-corrected chi connectivity index (χ1v) is 5.58. The predicted molar refractivity (Wildman–Crippen MR) is 63.1 cm³/mol. The van der Waals surface area contributed by atoms with Gasteiger partial charge in [-0.3, -0.25) is 14.9 Å². The van der Waals surface area contributed by atoms with E-state index in [1.807, 2.05) is 0 Å². The third-order valence-corrected chi connectivity index (χ3v) is 2.58. The molecule has 96 valence electrons. The van der Waals surface area contributed by atoms with Gasteiger partial charge >= 0.3 is 0 Å². The zero-order chi connectivity index (χ0) is 13.1. The van der Waals surface area contributed by atoms with Crippen LogP contribution in [0.25, 0.3) is 0 Å². The van der Waals surface area contributed by atoms with Gasteiger partial charge in [-0.2, -0.15) is 4.98 Å². The number of carbonyl (C=O) groups is 2. The standard InChI is InChI=1S/C11H14N4O3/c1-6-12-8(5-10(13-6)18-2)14-7-3-4-9(16)15-11(7)17/h5,7H,3-4H2,1-2H3,(H,12,13,14)(H,15,16,17). The lowest BCUT2D eigenvalue weighted by molar-refractivity contribution is -0.133. The molecule has 0 spiro atoms. The first kappa shape index (κ1) is 12.3. The molecule has 0 radical (unpaired) electrons. The number of rotatable bonds is 3. The number of amides is 2. The summed E-state index contributed by atoms with van der Waals surface area (Å²) in [6, 6.07) is 1.15. The molecule has 2 N–H and O–H groups in total. The Morgan fingerprint density at radius 2 is 2.22 bits per heavy atom. The average Bonchev–Trinajstić information content (AvgIpc) is 2.32. The highest BCUT2D eigenvalue weighted by Crippen LogP contribution is 2.16. The van der Waals surface area contributed by atoms with E-state index in [1.54, 1.807) is 13.0 Å². The smallest absolute Gasteiger partial charge is 0.249 e. The van der Waals surface area contributed by atoms with Crippen molar-refractivity contribution < 1.29 is 14.3 Å². The van der Waals surface area contributed by atoms with Crippen molar-refractivity contribution in [1.82, 2.24) is 15.3 Å². The Hall–Kier alpha value is -2.18. The Balaban J connectivity index is 2.11. The van der Waals surface area contributed by atoms with Gasteiger partial charge in [0.2, 0.25) is 17.7 Å². The Morgan fingerprint density at radius 1 is 1.44 bits per heavy atom. The number of methoxy groups -OCH3 is 1. The molecule has 7 heteroatoms. The molecule has 7 nitrogen and oxygen atoms in total. The van der Waals surface area contributed by atoms with Gasteiger partial charge in [0.15, 0.2) is 0 Å². The fourth-order valence-corrected chi connectivity index (χ4v) is 1.73. The van der Waals surface area contributed by atoms with Crippen LogP contribution in [0.4, 0.5) is 5.82 Å². The van der Waals surface area contributed by atoms with Gasteiger partial charge in [0.05, 0.1) is 7.11 Å². The van der Waals surface area contributed by atoms with Crippen molar-refractivity contribution in [1.29, 1.82) is 0 Å². The molecule has 1 aliphatic heterocycles. The number of ether oxygens (including phenoxy) is 1. The quantitative estimate of drug-likeness (QED) is 0.734. The molecule has 0 bridgehead atoms. The average molecular weight is 250 g/mol. The lowest BCUT2D eigenvalue weighted by Crippen LogP contribution is -2.47. The largest absolute Gasteiger partial charge is 0.481 e. The molecule has 0 aliphatic carbocycles. The predicted octanol–water partition coefficient (Wildman–Crippen LogP) is 0.0107. The topological polar surface area (TPSA) is 93.2 Å². The van der Waals surface area contributed by atoms with Crippen LogP contribution in [0.1, 0.15) is 18.7 Å². The molecule has 1 saturated heterocycles. The summed E-state index contributed by atoms with van der Waals surface area (Å²) in [6.07, 6.45) is 0.778. The van der Waals surface area contributed by atoms with E-state index < -0.39 is 6.04 Å². The molecular formula is C11H14N4O3. The van der Waals surface area contributed by atoms with Gasteiger partial charge in [0.25, 0.3) is 0 Å². The van der Waals surface area contributed by atoms with Crippen LogP contribution in [0.2, 0.25) is 0 Å². The lowest BCUT2D eigenvalue weighted by atomic mass is 10.1. The summed E-state index contributed by atoms with van der Waals surface area (Å²) in [5, 5.41) is 5.25. The van der Waals surface area contributed by atoms with Gasteiger partial charge in [0.1, 0.15) is 17.7 Å². The summed E-state index contributed by atoms with van der Waals surface area (Å²) in [6.45, 7) is 1.73. The second-order valence-corrected chi connectivity index (χ2v) is 3.99. The minimum absolute atomic E-state index is 0.241. The van der Waals surface area contributed by atoms with Crippen LogP contribution in [-0.2, 0) is 9.59 Å². The number of piperidine rings is 1. The minimum Gasteiger partial charge on any atom is -0.481 e. The van der Waals surface area contributed by atoms with E-state index in [4.69, 9.17) is 4.74 Å². The number of aromatic nitrogens is 2. The molecule has 1 aromatic heterocycles. The summed E-state index contributed by atoms with van der Waals surface area (Å²) < 4.78 is 5.02. The number of aryl methyl sites for hydroxylation is 1. The van der Waals surface area contributed by atoms with Crippen LogP contribution in [-0.4, -0.2) is 34.9 Å². The van der Waals surface area contributed by atoms with Crippen molar-refractivity contribution in [2.45, 2.75) is 25.8 Å². The summed E-state index contributed by atoms with van der Waals surface area (Å²) in [5.74, 6) is 0.909. The number of nitrogens with one attached hydrogen (secondary N) is 2. The van der Waals surface area contributed by atoms with Crippen LogP contribution in [0.5, 0.6) is 5.88 Å². The maximum Gasteiger partial charge on any atom is 0.249 e. The van der Waals surface area contributed by atoms with Crippen molar-refractivity contribution in [3.63, 3.8) is 0 Å². The Bertz CT molecular complexity index is 489. The summed E-state index contributed by atoms with van der Waals surface area (Å²) in [7, 11) is 1.51. The molecule has 18 heavy (non-hydrogen) atoms. The van der Waals surface area contributed by atoms with Crippen LogP contribution in [0.15, 0.2) is 6.07 Å². The molecule has 1 atom stereocenters. The second kappa shape index (κ2) is 4.99. The van der Waals surface area contributed by atoms with Crippen molar-refractivity contribution in [3.05, 3.63) is 11.9 Å². The van der Waals surface area contributed by atoms with Gasteiger partial charge in [-0.1, -0.05) is 0 Å². The Kier molecular flexibility index (Phi) is 3.40. The van der Waals surface area contributed by atoms with Crippen LogP contribution < -0.4 is 15.4 Å². The number of hydrogen-bond donors (Lipinski definition) is 2.